The van der Waals surface area contributed by atoms with Crippen LogP contribution in [0.2, 0.25) is 0 Å². The summed E-state index contributed by atoms with van der Waals surface area (Å²) in [6.07, 6.45) is 4.85. The molecule has 0 spiro atoms. The van der Waals surface area contributed by atoms with Crippen LogP contribution in [-0.2, 0) is 19.8 Å². The van der Waals surface area contributed by atoms with Crippen molar-refractivity contribution in [1.82, 2.24) is 14.7 Å². The van der Waals surface area contributed by atoms with Gasteiger partial charge in [0.25, 0.3) is 0 Å². The van der Waals surface area contributed by atoms with Crippen LogP contribution in [-0.4, -0.2) is 72.7 Å². The molecule has 30 heavy (non-hydrogen) atoms. The van der Waals surface area contributed by atoms with E-state index in [1.807, 2.05) is 19.0 Å². The van der Waals surface area contributed by atoms with Crippen LogP contribution in [0, 0.1) is 5.82 Å². The fourth-order valence-electron chi connectivity index (χ4n) is 4.67. The Hall–Kier alpha value is -2.28. The molecule has 1 aliphatic carbocycles. The van der Waals surface area contributed by atoms with Crippen LogP contribution in [0.15, 0.2) is 24.3 Å². The second-order valence-corrected chi connectivity index (χ2v) is 8.87. The van der Waals surface area contributed by atoms with Crippen molar-refractivity contribution in [3.63, 3.8) is 0 Å². The molecule has 1 aliphatic heterocycles. The molecule has 2 fully saturated rings. The first-order valence-electron chi connectivity index (χ1n) is 10.8. The normalized spacial score (nSPS) is 22.8. The lowest BCUT2D eigenvalue weighted by Crippen LogP contribution is -2.46. The molecule has 164 valence electrons. The van der Waals surface area contributed by atoms with Crippen molar-refractivity contribution in [1.29, 1.82) is 0 Å². The number of amides is 3. The Morgan fingerprint density at radius 3 is 2.43 bits per heavy atom. The van der Waals surface area contributed by atoms with Gasteiger partial charge in [0, 0.05) is 44.6 Å². The van der Waals surface area contributed by atoms with Gasteiger partial charge in [0.2, 0.25) is 17.7 Å². The van der Waals surface area contributed by atoms with E-state index >= 15 is 0 Å². The number of imide groups is 1. The van der Waals surface area contributed by atoms with E-state index in [0.29, 0.717) is 6.54 Å². The van der Waals surface area contributed by atoms with Gasteiger partial charge in [0.05, 0.1) is 5.41 Å². The highest BCUT2D eigenvalue weighted by Crippen LogP contribution is 2.41. The molecule has 0 bridgehead atoms. The van der Waals surface area contributed by atoms with Gasteiger partial charge in [-0.1, -0.05) is 37.5 Å². The maximum atomic E-state index is 14.8. The van der Waals surface area contributed by atoms with Gasteiger partial charge < -0.3 is 9.80 Å². The number of halogens is 1. The minimum atomic E-state index is -1.48. The van der Waals surface area contributed by atoms with Crippen molar-refractivity contribution in [3.8, 4) is 0 Å². The van der Waals surface area contributed by atoms with Gasteiger partial charge >= 0.3 is 0 Å². The standard InChI is InChI=1S/C23H32FN3O3/c1-25(2)13-14-27-21(29)16-23(22(27)30,18-11-7-8-12-19(18)24)15-20(28)26(3)17-9-5-4-6-10-17/h7-8,11-12,17H,4-6,9-10,13-16H2,1-3H3/t23-/m1/s1. The highest BCUT2D eigenvalue weighted by Gasteiger charge is 2.55. The Labute approximate surface area is 178 Å². The van der Waals surface area contributed by atoms with Crippen molar-refractivity contribution in [2.45, 2.75) is 56.4 Å². The predicted octanol–water partition coefficient (Wildman–Crippen LogP) is 2.57. The molecule has 2 aliphatic rings. The zero-order chi connectivity index (χ0) is 21.9. The van der Waals surface area contributed by atoms with Gasteiger partial charge in [0.15, 0.2) is 0 Å². The number of nitrogens with zero attached hydrogens (tertiary/aromatic N) is 3. The summed E-state index contributed by atoms with van der Waals surface area (Å²) < 4.78 is 14.8. The minimum absolute atomic E-state index is 0.140. The van der Waals surface area contributed by atoms with Gasteiger partial charge in [-0.05, 0) is 33.0 Å². The molecule has 1 aromatic rings. The first-order valence-corrected chi connectivity index (χ1v) is 10.8. The molecule has 7 heteroatoms. The molecule has 0 radical (unpaired) electrons. The van der Waals surface area contributed by atoms with E-state index in [2.05, 4.69) is 0 Å². The topological polar surface area (TPSA) is 60.9 Å². The first-order chi connectivity index (χ1) is 14.3. The summed E-state index contributed by atoms with van der Waals surface area (Å²) >= 11 is 0. The third-order valence-corrected chi connectivity index (χ3v) is 6.54. The van der Waals surface area contributed by atoms with Crippen molar-refractivity contribution < 1.29 is 18.8 Å². The van der Waals surface area contributed by atoms with Crippen molar-refractivity contribution in [2.75, 3.05) is 34.2 Å². The summed E-state index contributed by atoms with van der Waals surface area (Å²) in [5, 5.41) is 0. The van der Waals surface area contributed by atoms with E-state index < -0.39 is 17.1 Å². The molecule has 3 amide bonds. The minimum Gasteiger partial charge on any atom is -0.343 e. The van der Waals surface area contributed by atoms with Crippen LogP contribution < -0.4 is 0 Å². The molecule has 1 saturated carbocycles. The van der Waals surface area contributed by atoms with Crippen LogP contribution in [0.1, 0.15) is 50.5 Å². The smallest absolute Gasteiger partial charge is 0.241 e. The molecule has 1 atom stereocenters. The molecule has 0 unspecified atom stereocenters. The van der Waals surface area contributed by atoms with Gasteiger partial charge in [-0.2, -0.15) is 0 Å². The van der Waals surface area contributed by atoms with Crippen LogP contribution in [0.25, 0.3) is 0 Å². The van der Waals surface area contributed by atoms with E-state index in [9.17, 15) is 18.8 Å². The summed E-state index contributed by atoms with van der Waals surface area (Å²) in [4.78, 5) is 44.3. The molecule has 0 aromatic heterocycles. The lowest BCUT2D eigenvalue weighted by Gasteiger charge is -2.34. The highest BCUT2D eigenvalue weighted by atomic mass is 19.1. The van der Waals surface area contributed by atoms with E-state index in [4.69, 9.17) is 0 Å². The van der Waals surface area contributed by atoms with Gasteiger partial charge in [-0.15, -0.1) is 0 Å². The number of rotatable bonds is 7. The van der Waals surface area contributed by atoms with E-state index in [-0.39, 0.29) is 42.8 Å². The maximum Gasteiger partial charge on any atom is 0.241 e. The van der Waals surface area contributed by atoms with Crippen molar-refractivity contribution in [3.05, 3.63) is 35.6 Å². The number of likely N-dealkylation sites (tertiary alicyclic amines) is 1. The summed E-state index contributed by atoms with van der Waals surface area (Å²) in [6.45, 7) is 0.744. The highest BCUT2D eigenvalue weighted by molar-refractivity contribution is 6.10. The zero-order valence-corrected chi connectivity index (χ0v) is 18.2. The van der Waals surface area contributed by atoms with Crippen molar-refractivity contribution >= 4 is 17.7 Å². The summed E-state index contributed by atoms with van der Waals surface area (Å²) in [7, 11) is 5.48. The maximum absolute atomic E-state index is 14.8. The van der Waals surface area contributed by atoms with Crippen molar-refractivity contribution in [2.24, 2.45) is 0 Å². The molecule has 1 heterocycles. The Kier molecular flexibility index (Phi) is 6.91. The monoisotopic (exact) mass is 417 g/mol. The van der Waals surface area contributed by atoms with Gasteiger partial charge in [-0.25, -0.2) is 4.39 Å². The number of benzene rings is 1. The Bertz CT molecular complexity index is 807. The zero-order valence-electron chi connectivity index (χ0n) is 18.2. The second kappa shape index (κ2) is 9.25. The fraction of sp³-hybridized carbons (Fsp3) is 0.609. The number of carbonyl (C=O) groups is 3. The van der Waals surface area contributed by atoms with Crippen LogP contribution >= 0.6 is 0 Å². The molecule has 6 nitrogen and oxygen atoms in total. The Morgan fingerprint density at radius 2 is 1.80 bits per heavy atom. The third-order valence-electron chi connectivity index (χ3n) is 6.54. The van der Waals surface area contributed by atoms with Crippen LogP contribution in [0.3, 0.4) is 0 Å². The number of hydrogen-bond donors (Lipinski definition) is 0. The number of hydrogen-bond acceptors (Lipinski definition) is 4. The Balaban J connectivity index is 1.91. The molecule has 1 aromatic carbocycles. The SMILES string of the molecule is CN(C)CCN1C(=O)C[C@](CC(=O)N(C)C2CCCCC2)(c2ccccc2F)C1=O. The number of carbonyl (C=O) groups excluding carboxylic acids is 3. The summed E-state index contributed by atoms with van der Waals surface area (Å²) in [5.41, 5.74) is -1.34. The van der Waals surface area contributed by atoms with Crippen LogP contribution in [0.4, 0.5) is 4.39 Å². The largest absolute Gasteiger partial charge is 0.343 e. The number of likely N-dealkylation sites (N-methyl/N-ethyl adjacent to an activating group) is 1. The lowest BCUT2D eigenvalue weighted by molar-refractivity contribution is -0.143. The third kappa shape index (κ3) is 4.41. The second-order valence-electron chi connectivity index (χ2n) is 8.87. The quantitative estimate of drug-likeness (QED) is 0.640. The molecule has 1 saturated heterocycles. The summed E-state index contributed by atoms with van der Waals surface area (Å²) in [5.74, 6) is -1.58. The lowest BCUT2D eigenvalue weighted by atomic mass is 9.75. The fourth-order valence-corrected chi connectivity index (χ4v) is 4.67. The Morgan fingerprint density at radius 1 is 1.13 bits per heavy atom. The molecular weight excluding hydrogens is 385 g/mol. The molecular formula is C23H32FN3O3. The predicted molar refractivity (Wildman–Crippen MR) is 112 cm³/mol. The summed E-state index contributed by atoms with van der Waals surface area (Å²) in [6, 6.07) is 6.15. The molecule has 0 N–H and O–H groups in total. The van der Waals surface area contributed by atoms with E-state index in [1.54, 1.807) is 24.1 Å². The van der Waals surface area contributed by atoms with E-state index in [1.165, 1.54) is 23.5 Å². The van der Waals surface area contributed by atoms with Gasteiger partial charge in [-0.3, -0.25) is 19.3 Å². The average Bonchev–Trinajstić information content (AvgIpc) is 2.96. The van der Waals surface area contributed by atoms with Crippen LogP contribution in [0.5, 0.6) is 0 Å². The molecule has 3 rings (SSSR count). The first kappa shape index (κ1) is 22.4. The van der Waals surface area contributed by atoms with E-state index in [0.717, 1.165) is 25.7 Å². The average molecular weight is 418 g/mol. The van der Waals surface area contributed by atoms with Gasteiger partial charge in [0.1, 0.15) is 5.82 Å².